The van der Waals surface area contributed by atoms with Gasteiger partial charge in [0, 0.05) is 0 Å². The molecule has 1 aliphatic rings. The summed E-state index contributed by atoms with van der Waals surface area (Å²) in [5.41, 5.74) is 0.413. The molecule has 16 heavy (non-hydrogen) atoms. The summed E-state index contributed by atoms with van der Waals surface area (Å²) in [5, 5.41) is 10.0. The molecule has 1 fully saturated rings. The molecule has 0 saturated heterocycles. The van der Waals surface area contributed by atoms with Crippen molar-refractivity contribution in [2.24, 2.45) is 17.3 Å². The van der Waals surface area contributed by atoms with Crippen molar-refractivity contribution in [3.63, 3.8) is 0 Å². The average molecular weight is 244 g/mol. The van der Waals surface area contributed by atoms with Gasteiger partial charge in [0.05, 0.1) is 6.10 Å². The number of rotatable bonds is 4. The molecule has 3 unspecified atom stereocenters. The summed E-state index contributed by atoms with van der Waals surface area (Å²) in [6.07, 6.45) is 4.63. The van der Waals surface area contributed by atoms with Gasteiger partial charge in [-0.1, -0.05) is 27.7 Å². The van der Waals surface area contributed by atoms with Gasteiger partial charge in [0.1, 0.15) is 0 Å². The van der Waals surface area contributed by atoms with E-state index in [1.807, 2.05) is 11.8 Å². The molecule has 0 bridgehead atoms. The van der Waals surface area contributed by atoms with Crippen molar-refractivity contribution < 1.29 is 5.11 Å². The van der Waals surface area contributed by atoms with Crippen LogP contribution in [0.25, 0.3) is 0 Å². The van der Waals surface area contributed by atoms with Crippen LogP contribution in [0.4, 0.5) is 0 Å². The highest BCUT2D eigenvalue weighted by Gasteiger charge is 2.34. The lowest BCUT2D eigenvalue weighted by Crippen LogP contribution is -2.34. The second-order valence-corrected chi connectivity index (χ2v) is 7.58. The lowest BCUT2D eigenvalue weighted by atomic mass is 9.67. The van der Waals surface area contributed by atoms with Gasteiger partial charge in [-0.15, -0.1) is 0 Å². The first-order chi connectivity index (χ1) is 7.45. The van der Waals surface area contributed by atoms with Crippen LogP contribution in [0.15, 0.2) is 0 Å². The largest absolute Gasteiger partial charge is 0.393 e. The van der Waals surface area contributed by atoms with Crippen molar-refractivity contribution in [2.45, 2.75) is 59.5 Å². The molecule has 0 aliphatic heterocycles. The normalized spacial score (nSPS) is 31.7. The van der Waals surface area contributed by atoms with Crippen molar-refractivity contribution in [1.29, 1.82) is 0 Å². The Labute approximate surface area is 105 Å². The van der Waals surface area contributed by atoms with Gasteiger partial charge in [-0.3, -0.25) is 0 Å². The van der Waals surface area contributed by atoms with Crippen LogP contribution in [-0.4, -0.2) is 22.7 Å². The molecule has 3 atom stereocenters. The summed E-state index contributed by atoms with van der Waals surface area (Å²) in [6, 6.07) is 0. The van der Waals surface area contributed by atoms with Crippen molar-refractivity contribution in [3.8, 4) is 0 Å². The van der Waals surface area contributed by atoms with Gasteiger partial charge in [0.2, 0.25) is 0 Å². The maximum atomic E-state index is 10.0. The SMILES string of the molecule is CCSCCC1CC(C(C)(C)C)CCC1O. The van der Waals surface area contributed by atoms with Gasteiger partial charge in [0.15, 0.2) is 0 Å². The fourth-order valence-corrected chi connectivity index (χ4v) is 3.48. The molecule has 0 aromatic rings. The molecule has 0 amide bonds. The zero-order chi connectivity index (χ0) is 12.2. The van der Waals surface area contributed by atoms with E-state index in [1.54, 1.807) is 0 Å². The predicted octanol–water partition coefficient (Wildman–Crippen LogP) is 3.95. The minimum absolute atomic E-state index is 0.0314. The average Bonchev–Trinajstić information content (AvgIpc) is 2.19. The Bertz CT molecular complexity index is 197. The maximum absolute atomic E-state index is 10.0. The molecule has 1 nitrogen and oxygen atoms in total. The van der Waals surface area contributed by atoms with Crippen molar-refractivity contribution >= 4 is 11.8 Å². The smallest absolute Gasteiger partial charge is 0.0568 e. The molecule has 1 rings (SSSR count). The van der Waals surface area contributed by atoms with E-state index in [0.717, 1.165) is 12.3 Å². The van der Waals surface area contributed by atoms with Crippen LogP contribution in [0.2, 0.25) is 0 Å². The Hall–Kier alpha value is 0.310. The Kier molecular flexibility index (Phi) is 5.66. The predicted molar refractivity (Wildman–Crippen MR) is 73.9 cm³/mol. The molecule has 0 heterocycles. The van der Waals surface area contributed by atoms with Crippen LogP contribution in [0.1, 0.15) is 53.4 Å². The first-order valence-corrected chi connectivity index (χ1v) is 7.86. The standard InChI is InChI=1S/C14H28OS/c1-5-16-9-8-11-10-12(14(2,3)4)6-7-13(11)15/h11-13,15H,5-10H2,1-4H3. The molecular weight excluding hydrogens is 216 g/mol. The minimum Gasteiger partial charge on any atom is -0.393 e. The van der Waals surface area contributed by atoms with Crippen LogP contribution in [0.5, 0.6) is 0 Å². The molecule has 0 aromatic heterocycles. The molecule has 1 saturated carbocycles. The highest BCUT2D eigenvalue weighted by molar-refractivity contribution is 7.99. The Morgan fingerprint density at radius 3 is 2.50 bits per heavy atom. The fourth-order valence-electron chi connectivity index (χ4n) is 2.72. The Balaban J connectivity index is 2.42. The third-order valence-electron chi connectivity index (χ3n) is 4.00. The fraction of sp³-hybridized carbons (Fsp3) is 1.00. The number of aliphatic hydroxyl groups excluding tert-OH is 1. The molecule has 2 heteroatoms. The summed E-state index contributed by atoms with van der Waals surface area (Å²) in [6.45, 7) is 9.23. The maximum Gasteiger partial charge on any atom is 0.0568 e. The monoisotopic (exact) mass is 244 g/mol. The molecule has 96 valence electrons. The first-order valence-electron chi connectivity index (χ1n) is 6.71. The first kappa shape index (κ1) is 14.4. The third-order valence-corrected chi connectivity index (χ3v) is 4.94. The molecule has 1 aliphatic carbocycles. The molecule has 1 N–H and O–H groups in total. The summed E-state index contributed by atoms with van der Waals surface area (Å²) < 4.78 is 0. The van der Waals surface area contributed by atoms with Crippen LogP contribution >= 0.6 is 11.8 Å². The van der Waals surface area contributed by atoms with Crippen LogP contribution in [0.3, 0.4) is 0 Å². The van der Waals surface area contributed by atoms with E-state index in [-0.39, 0.29) is 6.10 Å². The van der Waals surface area contributed by atoms with Crippen molar-refractivity contribution in [1.82, 2.24) is 0 Å². The second-order valence-electron chi connectivity index (χ2n) is 6.19. The lowest BCUT2D eigenvalue weighted by molar-refractivity contribution is 0.0184. The topological polar surface area (TPSA) is 20.2 Å². The number of hydrogen-bond donors (Lipinski definition) is 1. The summed E-state index contributed by atoms with van der Waals surface area (Å²) in [4.78, 5) is 0. The van der Waals surface area contributed by atoms with E-state index in [1.165, 1.54) is 30.8 Å². The van der Waals surface area contributed by atoms with Gasteiger partial charge in [0.25, 0.3) is 0 Å². The Morgan fingerprint density at radius 1 is 1.25 bits per heavy atom. The zero-order valence-electron chi connectivity index (χ0n) is 11.3. The summed E-state index contributed by atoms with van der Waals surface area (Å²) in [7, 11) is 0. The quantitative estimate of drug-likeness (QED) is 0.756. The lowest BCUT2D eigenvalue weighted by Gasteiger charge is -2.40. The Morgan fingerprint density at radius 2 is 1.94 bits per heavy atom. The van der Waals surface area contributed by atoms with E-state index in [9.17, 15) is 5.11 Å². The van der Waals surface area contributed by atoms with E-state index < -0.39 is 0 Å². The number of thioether (sulfide) groups is 1. The van der Waals surface area contributed by atoms with E-state index >= 15 is 0 Å². The van der Waals surface area contributed by atoms with E-state index in [4.69, 9.17) is 0 Å². The molecule has 0 radical (unpaired) electrons. The highest BCUT2D eigenvalue weighted by atomic mass is 32.2. The van der Waals surface area contributed by atoms with E-state index in [0.29, 0.717) is 11.3 Å². The molecule has 0 spiro atoms. The van der Waals surface area contributed by atoms with Crippen molar-refractivity contribution in [2.75, 3.05) is 11.5 Å². The van der Waals surface area contributed by atoms with E-state index in [2.05, 4.69) is 27.7 Å². The summed E-state index contributed by atoms with van der Waals surface area (Å²) in [5.74, 6) is 3.77. The van der Waals surface area contributed by atoms with Gasteiger partial charge in [-0.2, -0.15) is 11.8 Å². The second kappa shape index (κ2) is 6.30. The minimum atomic E-state index is -0.0314. The molecule has 0 aromatic carbocycles. The van der Waals surface area contributed by atoms with Crippen molar-refractivity contribution in [3.05, 3.63) is 0 Å². The van der Waals surface area contributed by atoms with Crippen LogP contribution in [0, 0.1) is 17.3 Å². The van der Waals surface area contributed by atoms with Crippen LogP contribution < -0.4 is 0 Å². The number of aliphatic hydroxyl groups is 1. The van der Waals surface area contributed by atoms with Gasteiger partial charge in [-0.25, -0.2) is 0 Å². The van der Waals surface area contributed by atoms with Gasteiger partial charge >= 0.3 is 0 Å². The summed E-state index contributed by atoms with van der Waals surface area (Å²) >= 11 is 2.00. The van der Waals surface area contributed by atoms with Gasteiger partial charge in [-0.05, 0) is 54.4 Å². The number of hydrogen-bond acceptors (Lipinski definition) is 2. The van der Waals surface area contributed by atoms with Crippen LogP contribution in [-0.2, 0) is 0 Å². The molecular formula is C14H28OS. The van der Waals surface area contributed by atoms with Gasteiger partial charge < -0.3 is 5.11 Å². The highest BCUT2D eigenvalue weighted by Crippen LogP contribution is 2.41. The zero-order valence-corrected chi connectivity index (χ0v) is 12.1. The third kappa shape index (κ3) is 4.29.